The number of hydrogen-bond donors (Lipinski definition) is 0. The summed E-state index contributed by atoms with van der Waals surface area (Å²) in [7, 11) is 0. The van der Waals surface area contributed by atoms with Crippen molar-refractivity contribution in [1.82, 2.24) is 0 Å². The molecule has 0 bridgehead atoms. The predicted molar refractivity (Wildman–Crippen MR) is 53.8 cm³/mol. The molecule has 0 saturated heterocycles. The van der Waals surface area contributed by atoms with Crippen LogP contribution in [0.15, 0.2) is 0 Å². The van der Waals surface area contributed by atoms with Gasteiger partial charge in [-0.2, -0.15) is 0 Å². The normalized spacial score (nSPS) is 18.1. The zero-order valence-electron chi connectivity index (χ0n) is 8.96. The molecule has 0 aromatic rings. The van der Waals surface area contributed by atoms with E-state index in [0.717, 1.165) is 19.3 Å². The summed E-state index contributed by atoms with van der Waals surface area (Å²) in [6.07, 6.45) is 7.68. The molecule has 0 heterocycles. The topological polar surface area (TPSA) is 35.5 Å². The molecule has 0 unspecified atom stereocenters. The number of hydrogen-bond acceptors (Lipinski definition) is 3. The van der Waals surface area contributed by atoms with Gasteiger partial charge in [-0.15, -0.1) is 0 Å². The summed E-state index contributed by atoms with van der Waals surface area (Å²) in [5.41, 5.74) is 0. The van der Waals surface area contributed by atoms with Crippen molar-refractivity contribution in [3.8, 4) is 0 Å². The Morgan fingerprint density at radius 2 is 2.00 bits per heavy atom. The number of carbonyl (C=O) groups excluding carboxylic acids is 1. The zero-order chi connectivity index (χ0) is 10.2. The Kier molecular flexibility index (Phi) is 5.60. The van der Waals surface area contributed by atoms with E-state index in [1.165, 1.54) is 19.3 Å². The molecule has 0 aromatic heterocycles. The molecular formula is C11H20O3. The van der Waals surface area contributed by atoms with Crippen LogP contribution in [0.2, 0.25) is 0 Å². The van der Waals surface area contributed by atoms with Gasteiger partial charge in [0.25, 0.3) is 0 Å². The van der Waals surface area contributed by atoms with Crippen molar-refractivity contribution in [3.05, 3.63) is 0 Å². The summed E-state index contributed by atoms with van der Waals surface area (Å²) in [6, 6.07) is 0. The number of ether oxygens (including phenoxy) is 2. The molecule has 1 fully saturated rings. The first-order chi connectivity index (χ1) is 6.83. The fourth-order valence-electron chi connectivity index (χ4n) is 1.70. The molecule has 0 amide bonds. The Balaban J connectivity index is 1.99. The van der Waals surface area contributed by atoms with E-state index < -0.39 is 0 Å². The van der Waals surface area contributed by atoms with Gasteiger partial charge in [0.05, 0.1) is 6.10 Å². The number of rotatable bonds is 5. The first kappa shape index (κ1) is 11.5. The van der Waals surface area contributed by atoms with Gasteiger partial charge in [-0.1, -0.05) is 26.2 Å². The van der Waals surface area contributed by atoms with E-state index in [2.05, 4.69) is 0 Å². The molecule has 0 N–H and O–H groups in total. The molecule has 1 rings (SSSR count). The molecule has 0 spiro atoms. The lowest BCUT2D eigenvalue weighted by atomic mass is 9.98. The lowest BCUT2D eigenvalue weighted by Gasteiger charge is -2.21. The Hall–Kier alpha value is -0.570. The van der Waals surface area contributed by atoms with Gasteiger partial charge in [-0.05, 0) is 19.3 Å². The molecule has 1 aliphatic rings. The fraction of sp³-hybridized carbons (Fsp3) is 0.909. The lowest BCUT2D eigenvalue weighted by molar-refractivity contribution is -0.162. The van der Waals surface area contributed by atoms with Crippen LogP contribution in [0.25, 0.3) is 0 Å². The highest BCUT2D eigenvalue weighted by Gasteiger charge is 2.13. The molecular weight excluding hydrogens is 180 g/mol. The molecule has 3 nitrogen and oxygen atoms in total. The summed E-state index contributed by atoms with van der Waals surface area (Å²) in [6.45, 7) is 2.10. The third-order valence-corrected chi connectivity index (χ3v) is 2.53. The van der Waals surface area contributed by atoms with E-state index in [1.807, 2.05) is 6.92 Å². The summed E-state index contributed by atoms with van der Waals surface area (Å²) in [5, 5.41) is 0. The van der Waals surface area contributed by atoms with Crippen molar-refractivity contribution < 1.29 is 14.3 Å². The summed E-state index contributed by atoms with van der Waals surface area (Å²) < 4.78 is 10.4. The van der Waals surface area contributed by atoms with Crippen LogP contribution < -0.4 is 0 Å². The molecule has 14 heavy (non-hydrogen) atoms. The monoisotopic (exact) mass is 200 g/mol. The van der Waals surface area contributed by atoms with Crippen molar-refractivity contribution in [2.75, 3.05) is 6.79 Å². The van der Waals surface area contributed by atoms with Gasteiger partial charge in [0, 0.05) is 6.42 Å². The summed E-state index contributed by atoms with van der Waals surface area (Å²) in [4.78, 5) is 11.0. The fourth-order valence-corrected chi connectivity index (χ4v) is 1.70. The second-order valence-corrected chi connectivity index (χ2v) is 3.81. The van der Waals surface area contributed by atoms with E-state index >= 15 is 0 Å². The lowest BCUT2D eigenvalue weighted by Crippen LogP contribution is -2.19. The van der Waals surface area contributed by atoms with Gasteiger partial charge >= 0.3 is 5.97 Å². The minimum absolute atomic E-state index is 0.142. The highest BCUT2D eigenvalue weighted by atomic mass is 16.7. The van der Waals surface area contributed by atoms with Crippen LogP contribution in [-0.4, -0.2) is 18.9 Å². The van der Waals surface area contributed by atoms with Gasteiger partial charge in [0.15, 0.2) is 6.79 Å². The Labute approximate surface area is 85.8 Å². The zero-order valence-corrected chi connectivity index (χ0v) is 8.96. The Morgan fingerprint density at radius 1 is 1.29 bits per heavy atom. The third kappa shape index (κ3) is 4.61. The van der Waals surface area contributed by atoms with Crippen molar-refractivity contribution in [2.24, 2.45) is 0 Å². The average molecular weight is 200 g/mol. The van der Waals surface area contributed by atoms with E-state index in [9.17, 15) is 4.79 Å². The van der Waals surface area contributed by atoms with Crippen LogP contribution in [0.3, 0.4) is 0 Å². The standard InChI is InChI=1S/C11H20O3/c1-2-6-11(12)14-9-13-10-7-4-3-5-8-10/h10H,2-9H2,1H3. The minimum Gasteiger partial charge on any atom is -0.438 e. The van der Waals surface area contributed by atoms with E-state index in [0.29, 0.717) is 12.5 Å². The minimum atomic E-state index is -0.150. The van der Waals surface area contributed by atoms with Crippen LogP contribution in [0, 0.1) is 0 Å². The molecule has 3 heteroatoms. The maximum atomic E-state index is 11.0. The van der Waals surface area contributed by atoms with Gasteiger partial charge in [0.1, 0.15) is 0 Å². The van der Waals surface area contributed by atoms with Crippen LogP contribution in [-0.2, 0) is 14.3 Å². The third-order valence-electron chi connectivity index (χ3n) is 2.53. The first-order valence-corrected chi connectivity index (χ1v) is 5.60. The largest absolute Gasteiger partial charge is 0.438 e. The van der Waals surface area contributed by atoms with Gasteiger partial charge in [0.2, 0.25) is 0 Å². The van der Waals surface area contributed by atoms with Crippen molar-refractivity contribution in [2.45, 2.75) is 58.0 Å². The highest BCUT2D eigenvalue weighted by molar-refractivity contribution is 5.69. The number of carbonyl (C=O) groups is 1. The average Bonchev–Trinajstić information content (AvgIpc) is 2.20. The smallest absolute Gasteiger partial charge is 0.307 e. The van der Waals surface area contributed by atoms with E-state index in [1.54, 1.807) is 0 Å². The maximum Gasteiger partial charge on any atom is 0.307 e. The van der Waals surface area contributed by atoms with Gasteiger partial charge in [-0.25, -0.2) is 0 Å². The van der Waals surface area contributed by atoms with Crippen LogP contribution >= 0.6 is 0 Å². The van der Waals surface area contributed by atoms with Crippen molar-refractivity contribution in [1.29, 1.82) is 0 Å². The van der Waals surface area contributed by atoms with Crippen molar-refractivity contribution >= 4 is 5.97 Å². The van der Waals surface area contributed by atoms with Crippen LogP contribution in [0.4, 0.5) is 0 Å². The quantitative estimate of drug-likeness (QED) is 0.505. The molecule has 1 aliphatic carbocycles. The second kappa shape index (κ2) is 6.82. The van der Waals surface area contributed by atoms with E-state index in [4.69, 9.17) is 9.47 Å². The molecule has 0 atom stereocenters. The molecule has 1 saturated carbocycles. The Morgan fingerprint density at radius 3 is 2.64 bits per heavy atom. The molecule has 0 radical (unpaired) electrons. The van der Waals surface area contributed by atoms with Gasteiger partial charge in [-0.3, -0.25) is 4.79 Å². The predicted octanol–water partition coefficient (Wildman–Crippen LogP) is 2.64. The first-order valence-electron chi connectivity index (χ1n) is 5.60. The maximum absolute atomic E-state index is 11.0. The number of esters is 1. The Bertz CT molecular complexity index is 162. The molecule has 82 valence electrons. The van der Waals surface area contributed by atoms with Crippen LogP contribution in [0.5, 0.6) is 0 Å². The van der Waals surface area contributed by atoms with E-state index in [-0.39, 0.29) is 12.8 Å². The van der Waals surface area contributed by atoms with Gasteiger partial charge < -0.3 is 9.47 Å². The molecule has 0 aromatic carbocycles. The summed E-state index contributed by atoms with van der Waals surface area (Å²) in [5.74, 6) is -0.150. The molecule has 0 aliphatic heterocycles. The van der Waals surface area contributed by atoms with Crippen LogP contribution in [0.1, 0.15) is 51.9 Å². The SMILES string of the molecule is CCCC(=O)OCOC1CCCCC1. The second-order valence-electron chi connectivity index (χ2n) is 3.81. The van der Waals surface area contributed by atoms with Crippen molar-refractivity contribution in [3.63, 3.8) is 0 Å². The summed E-state index contributed by atoms with van der Waals surface area (Å²) >= 11 is 0. The highest BCUT2D eigenvalue weighted by Crippen LogP contribution is 2.20.